The first kappa shape index (κ1) is 19.3. The van der Waals surface area contributed by atoms with E-state index < -0.39 is 23.2 Å². The largest absolute Gasteiger partial charge is 0.275 e. The molecule has 1 heterocycles. The molecule has 2 unspecified atom stereocenters. The van der Waals surface area contributed by atoms with Crippen molar-refractivity contribution in [1.82, 2.24) is 15.0 Å². The molecular weight excluding hydrogens is 359 g/mol. The maximum atomic E-state index is 14.2. The fourth-order valence-corrected chi connectivity index (χ4v) is 3.60. The Morgan fingerprint density at radius 1 is 1.33 bits per heavy atom. The molecule has 0 N–H and O–H groups in total. The van der Waals surface area contributed by atoms with E-state index in [0.717, 1.165) is 17.5 Å². The van der Waals surface area contributed by atoms with Crippen molar-refractivity contribution in [2.75, 3.05) is 14.2 Å². The molecule has 1 aliphatic rings. The van der Waals surface area contributed by atoms with Crippen LogP contribution < -0.4 is 0 Å². The Morgan fingerprint density at radius 3 is 2.63 bits per heavy atom. The molecule has 8 heteroatoms. The predicted octanol–water partition coefficient (Wildman–Crippen LogP) is 3.49. The Hall–Kier alpha value is -2.48. The zero-order valence-electron chi connectivity index (χ0n) is 15.1. The molecule has 1 saturated carbocycles. The lowest BCUT2D eigenvalue weighted by atomic mass is 9.78. The zero-order chi connectivity index (χ0) is 19.6. The zero-order valence-corrected chi connectivity index (χ0v) is 15.1. The van der Waals surface area contributed by atoms with Crippen LogP contribution in [0.25, 0.3) is 11.4 Å². The highest BCUT2D eigenvalue weighted by molar-refractivity contribution is 5.82. The summed E-state index contributed by atoms with van der Waals surface area (Å²) in [4.78, 5) is 25.4. The monoisotopic (exact) mass is 379 g/mol. The second-order valence-corrected chi connectivity index (χ2v) is 6.82. The molecule has 0 radical (unpaired) electrons. The summed E-state index contributed by atoms with van der Waals surface area (Å²) in [5.74, 6) is -1.45. The molecule has 0 saturated heterocycles. The van der Waals surface area contributed by atoms with Crippen LogP contribution in [0.5, 0.6) is 0 Å². The molecule has 2 atom stereocenters. The van der Waals surface area contributed by atoms with Gasteiger partial charge >= 0.3 is 0 Å². The van der Waals surface area contributed by atoms with E-state index in [0.29, 0.717) is 18.4 Å². The Kier molecular flexibility index (Phi) is 5.46. The normalized spacial score (nSPS) is 22.0. The van der Waals surface area contributed by atoms with E-state index in [1.54, 1.807) is 6.07 Å². The molecule has 0 aliphatic heterocycles. The number of alkyl halides is 1. The summed E-state index contributed by atoms with van der Waals surface area (Å²) >= 11 is 0. The predicted molar refractivity (Wildman–Crippen MR) is 92.0 cm³/mol. The molecule has 1 aliphatic carbocycles. The molecule has 1 fully saturated rings. The third-order valence-corrected chi connectivity index (χ3v) is 5.00. The van der Waals surface area contributed by atoms with Crippen LogP contribution in [0.15, 0.2) is 30.6 Å². The number of carbonyl (C=O) groups excluding carboxylic acids is 1. The van der Waals surface area contributed by atoms with Gasteiger partial charge < -0.3 is 0 Å². The number of amides is 1. The molecule has 3 rings (SSSR count). The SMILES string of the molecule is CON(C)C(=O)C1(Cc2ccc(F)c(-c3ncc(F)cn3)c2)CCC(F)C1. The van der Waals surface area contributed by atoms with Crippen LogP contribution in [0, 0.1) is 17.0 Å². The van der Waals surface area contributed by atoms with E-state index in [1.165, 1.54) is 26.3 Å². The molecule has 1 aromatic heterocycles. The number of nitrogens with zero attached hydrogens (tertiary/aromatic N) is 3. The van der Waals surface area contributed by atoms with Crippen molar-refractivity contribution in [3.8, 4) is 11.4 Å². The highest BCUT2D eigenvalue weighted by Gasteiger charge is 2.47. The lowest BCUT2D eigenvalue weighted by Gasteiger charge is -2.31. The molecule has 0 spiro atoms. The van der Waals surface area contributed by atoms with Crippen LogP contribution in [0.3, 0.4) is 0 Å². The second kappa shape index (κ2) is 7.64. The van der Waals surface area contributed by atoms with Gasteiger partial charge in [0, 0.05) is 7.05 Å². The van der Waals surface area contributed by atoms with Gasteiger partial charge in [0.1, 0.15) is 12.0 Å². The summed E-state index contributed by atoms with van der Waals surface area (Å²) < 4.78 is 41.2. The van der Waals surface area contributed by atoms with Crippen molar-refractivity contribution in [2.24, 2.45) is 5.41 Å². The number of aromatic nitrogens is 2. The van der Waals surface area contributed by atoms with E-state index in [4.69, 9.17) is 4.84 Å². The minimum absolute atomic E-state index is 0.0416. The first-order chi connectivity index (χ1) is 12.8. The molecule has 2 aromatic rings. The van der Waals surface area contributed by atoms with Crippen molar-refractivity contribution >= 4 is 5.91 Å². The summed E-state index contributed by atoms with van der Waals surface area (Å²) in [6.45, 7) is 0. The number of hydrogen-bond acceptors (Lipinski definition) is 4. The number of carbonyl (C=O) groups is 1. The van der Waals surface area contributed by atoms with E-state index >= 15 is 0 Å². The van der Waals surface area contributed by atoms with E-state index in [9.17, 15) is 18.0 Å². The molecule has 5 nitrogen and oxygen atoms in total. The number of rotatable bonds is 5. The highest BCUT2D eigenvalue weighted by Crippen LogP contribution is 2.44. The van der Waals surface area contributed by atoms with Crippen LogP contribution in [0.2, 0.25) is 0 Å². The lowest BCUT2D eigenvalue weighted by molar-refractivity contribution is -0.180. The maximum Gasteiger partial charge on any atom is 0.252 e. The number of benzene rings is 1. The van der Waals surface area contributed by atoms with Crippen LogP contribution in [0.1, 0.15) is 24.8 Å². The standard InChI is InChI=1S/C19H20F3N3O2/c1-25(27-2)18(26)19(6-5-13(20)9-19)8-12-3-4-16(22)15(7-12)17-23-10-14(21)11-24-17/h3-4,7,10-11,13H,5-6,8-9H2,1-2H3. The third-order valence-electron chi connectivity index (χ3n) is 5.00. The van der Waals surface area contributed by atoms with Crippen LogP contribution in [-0.2, 0) is 16.1 Å². The van der Waals surface area contributed by atoms with Gasteiger partial charge in [-0.2, -0.15) is 0 Å². The minimum Gasteiger partial charge on any atom is -0.275 e. The molecule has 0 bridgehead atoms. The summed E-state index contributed by atoms with van der Waals surface area (Å²) in [6, 6.07) is 4.32. The van der Waals surface area contributed by atoms with Crippen molar-refractivity contribution < 1.29 is 22.8 Å². The summed E-state index contributed by atoms with van der Waals surface area (Å²) in [5.41, 5.74) is -0.209. The lowest BCUT2D eigenvalue weighted by Crippen LogP contribution is -2.41. The van der Waals surface area contributed by atoms with E-state index in [-0.39, 0.29) is 30.1 Å². The van der Waals surface area contributed by atoms with Crippen LogP contribution in [0.4, 0.5) is 13.2 Å². The average Bonchev–Trinajstić information content (AvgIpc) is 3.04. The average molecular weight is 379 g/mol. The smallest absolute Gasteiger partial charge is 0.252 e. The topological polar surface area (TPSA) is 55.3 Å². The van der Waals surface area contributed by atoms with Gasteiger partial charge in [0.05, 0.1) is 30.5 Å². The minimum atomic E-state index is -1.07. The van der Waals surface area contributed by atoms with Gasteiger partial charge in [-0.3, -0.25) is 9.63 Å². The molecule has 144 valence electrons. The van der Waals surface area contributed by atoms with Gasteiger partial charge in [-0.05, 0) is 43.4 Å². The third kappa shape index (κ3) is 3.95. The quantitative estimate of drug-likeness (QED) is 0.747. The molecule has 1 aromatic carbocycles. The Balaban J connectivity index is 1.94. The van der Waals surface area contributed by atoms with E-state index in [1.807, 2.05) is 0 Å². The Labute approximate surface area is 155 Å². The number of halogens is 3. The Bertz CT molecular complexity index is 831. The van der Waals surface area contributed by atoms with Gasteiger partial charge in [0.15, 0.2) is 11.6 Å². The van der Waals surface area contributed by atoms with Gasteiger partial charge in [0.25, 0.3) is 5.91 Å². The summed E-state index contributed by atoms with van der Waals surface area (Å²) in [6.07, 6.45) is 1.82. The molecule has 27 heavy (non-hydrogen) atoms. The second-order valence-electron chi connectivity index (χ2n) is 6.82. The van der Waals surface area contributed by atoms with Crippen LogP contribution in [-0.4, -0.2) is 41.3 Å². The Morgan fingerprint density at radius 2 is 2.04 bits per heavy atom. The van der Waals surface area contributed by atoms with Crippen molar-refractivity contribution in [2.45, 2.75) is 31.9 Å². The van der Waals surface area contributed by atoms with Gasteiger partial charge in [-0.1, -0.05) is 6.07 Å². The number of hydrogen-bond donors (Lipinski definition) is 0. The first-order valence-electron chi connectivity index (χ1n) is 8.57. The first-order valence-corrected chi connectivity index (χ1v) is 8.57. The summed E-state index contributed by atoms with van der Waals surface area (Å²) in [5, 5.41) is 1.10. The van der Waals surface area contributed by atoms with Gasteiger partial charge in [0.2, 0.25) is 0 Å². The maximum absolute atomic E-state index is 14.2. The van der Waals surface area contributed by atoms with Gasteiger partial charge in [-0.15, -0.1) is 0 Å². The van der Waals surface area contributed by atoms with Crippen molar-refractivity contribution in [3.05, 3.63) is 47.8 Å². The molecule has 1 amide bonds. The fourth-order valence-electron chi connectivity index (χ4n) is 3.60. The van der Waals surface area contributed by atoms with Crippen molar-refractivity contribution in [3.63, 3.8) is 0 Å². The molecular formula is C19H20F3N3O2. The van der Waals surface area contributed by atoms with Crippen molar-refractivity contribution in [1.29, 1.82) is 0 Å². The summed E-state index contributed by atoms with van der Waals surface area (Å²) in [7, 11) is 2.85. The highest BCUT2D eigenvalue weighted by atomic mass is 19.1. The van der Waals surface area contributed by atoms with E-state index in [2.05, 4.69) is 9.97 Å². The van der Waals surface area contributed by atoms with Gasteiger partial charge in [-0.25, -0.2) is 28.2 Å². The van der Waals surface area contributed by atoms with Crippen LogP contribution >= 0.6 is 0 Å². The fraction of sp³-hybridized carbons (Fsp3) is 0.421. The number of hydroxylamine groups is 2.